The van der Waals surface area contributed by atoms with Crippen molar-refractivity contribution < 1.29 is 14.7 Å². The van der Waals surface area contributed by atoms with Crippen molar-refractivity contribution in [1.82, 2.24) is 0 Å². The molecule has 0 atom stereocenters. The number of aliphatic carboxylic acids is 1. The van der Waals surface area contributed by atoms with Crippen LogP contribution in [0.25, 0.3) is 0 Å². The Morgan fingerprint density at radius 3 is 2.33 bits per heavy atom. The van der Waals surface area contributed by atoms with Gasteiger partial charge in [0.25, 0.3) is 5.91 Å². The first kappa shape index (κ1) is 16.2. The molecule has 3 rings (SSSR count). The molecule has 2 aromatic carbocycles. The predicted octanol–water partition coefficient (Wildman–Crippen LogP) is 3.79. The molecular weight excluding hydrogens is 302 g/mol. The van der Waals surface area contributed by atoms with Crippen molar-refractivity contribution in [2.24, 2.45) is 0 Å². The molecule has 24 heavy (non-hydrogen) atoms. The van der Waals surface area contributed by atoms with Gasteiger partial charge in [0, 0.05) is 11.3 Å². The normalized spacial score (nSPS) is 13.4. The molecule has 124 valence electrons. The largest absolute Gasteiger partial charge is 0.481 e. The molecule has 0 aromatic heterocycles. The summed E-state index contributed by atoms with van der Waals surface area (Å²) in [5, 5.41) is 12.1. The van der Waals surface area contributed by atoms with Crippen LogP contribution in [-0.2, 0) is 23.1 Å². The molecule has 4 heteroatoms. The summed E-state index contributed by atoms with van der Waals surface area (Å²) in [6.45, 7) is 3.32. The molecule has 2 N–H and O–H groups in total. The van der Waals surface area contributed by atoms with Gasteiger partial charge in [-0.05, 0) is 74.1 Å². The second-order valence-corrected chi connectivity index (χ2v) is 6.80. The van der Waals surface area contributed by atoms with Crippen LogP contribution in [0.3, 0.4) is 0 Å². The van der Waals surface area contributed by atoms with E-state index in [1.807, 2.05) is 18.2 Å². The van der Waals surface area contributed by atoms with E-state index in [0.29, 0.717) is 16.8 Å². The van der Waals surface area contributed by atoms with Gasteiger partial charge < -0.3 is 10.4 Å². The van der Waals surface area contributed by atoms with Gasteiger partial charge in [-0.15, -0.1) is 0 Å². The van der Waals surface area contributed by atoms with Crippen molar-refractivity contribution in [3.05, 3.63) is 64.7 Å². The van der Waals surface area contributed by atoms with Crippen LogP contribution in [0.1, 0.15) is 47.3 Å². The van der Waals surface area contributed by atoms with Gasteiger partial charge in [-0.3, -0.25) is 9.59 Å². The number of anilines is 1. The van der Waals surface area contributed by atoms with Gasteiger partial charge in [0.15, 0.2) is 0 Å². The van der Waals surface area contributed by atoms with Gasteiger partial charge in [0.05, 0.1) is 5.41 Å². The summed E-state index contributed by atoms with van der Waals surface area (Å²) in [7, 11) is 0. The maximum atomic E-state index is 12.4. The number of aryl methyl sites for hydroxylation is 2. The highest BCUT2D eigenvalue weighted by molar-refractivity contribution is 6.04. The van der Waals surface area contributed by atoms with Crippen LogP contribution in [0, 0.1) is 0 Å². The molecule has 0 heterocycles. The van der Waals surface area contributed by atoms with Crippen LogP contribution in [0.4, 0.5) is 5.69 Å². The van der Waals surface area contributed by atoms with E-state index in [2.05, 4.69) is 5.32 Å². The number of hydrogen-bond acceptors (Lipinski definition) is 2. The zero-order chi connectivity index (χ0) is 17.3. The van der Waals surface area contributed by atoms with Crippen molar-refractivity contribution >= 4 is 17.6 Å². The molecule has 0 saturated carbocycles. The summed E-state index contributed by atoms with van der Waals surface area (Å²) >= 11 is 0. The molecule has 0 bridgehead atoms. The molecule has 1 amide bonds. The lowest BCUT2D eigenvalue weighted by Crippen LogP contribution is -2.28. The van der Waals surface area contributed by atoms with Crippen molar-refractivity contribution in [2.75, 3.05) is 5.32 Å². The summed E-state index contributed by atoms with van der Waals surface area (Å²) < 4.78 is 0. The molecule has 0 unspecified atom stereocenters. The number of carboxylic acid groups (broad SMARTS) is 1. The fourth-order valence-corrected chi connectivity index (χ4v) is 3.01. The molecule has 0 aliphatic heterocycles. The van der Waals surface area contributed by atoms with E-state index in [1.54, 1.807) is 38.1 Å². The minimum absolute atomic E-state index is 0.144. The molecule has 2 aromatic rings. The number of amides is 1. The minimum Gasteiger partial charge on any atom is -0.481 e. The molecule has 0 fully saturated rings. The number of fused-ring (bicyclic) bond motifs is 1. The zero-order valence-electron chi connectivity index (χ0n) is 13.9. The van der Waals surface area contributed by atoms with Crippen LogP contribution < -0.4 is 5.32 Å². The van der Waals surface area contributed by atoms with Gasteiger partial charge in [-0.1, -0.05) is 18.2 Å². The monoisotopic (exact) mass is 323 g/mol. The van der Waals surface area contributed by atoms with Gasteiger partial charge in [-0.25, -0.2) is 0 Å². The highest BCUT2D eigenvalue weighted by Crippen LogP contribution is 2.26. The maximum absolute atomic E-state index is 12.4. The van der Waals surface area contributed by atoms with Crippen LogP contribution in [0.2, 0.25) is 0 Å². The highest BCUT2D eigenvalue weighted by atomic mass is 16.4. The number of carbonyl (C=O) groups excluding carboxylic acids is 1. The van der Waals surface area contributed by atoms with E-state index in [9.17, 15) is 14.7 Å². The fourth-order valence-electron chi connectivity index (χ4n) is 3.01. The van der Waals surface area contributed by atoms with Crippen LogP contribution >= 0.6 is 0 Å². The topological polar surface area (TPSA) is 66.4 Å². The lowest BCUT2D eigenvalue weighted by molar-refractivity contribution is -0.142. The van der Waals surface area contributed by atoms with E-state index < -0.39 is 11.4 Å². The van der Waals surface area contributed by atoms with E-state index in [1.165, 1.54) is 11.1 Å². The Labute approximate surface area is 141 Å². The average molecular weight is 323 g/mol. The Balaban J connectivity index is 1.74. The number of rotatable bonds is 4. The summed E-state index contributed by atoms with van der Waals surface area (Å²) in [4.78, 5) is 23.7. The van der Waals surface area contributed by atoms with E-state index in [0.717, 1.165) is 19.3 Å². The molecular formula is C20H21NO3. The van der Waals surface area contributed by atoms with E-state index in [-0.39, 0.29) is 5.91 Å². The van der Waals surface area contributed by atoms with Gasteiger partial charge in [0.1, 0.15) is 0 Å². The van der Waals surface area contributed by atoms with Crippen LogP contribution in [-0.4, -0.2) is 17.0 Å². The van der Waals surface area contributed by atoms with E-state index >= 15 is 0 Å². The number of benzene rings is 2. The van der Waals surface area contributed by atoms with Crippen molar-refractivity contribution in [3.8, 4) is 0 Å². The first-order valence-electron chi connectivity index (χ1n) is 8.15. The van der Waals surface area contributed by atoms with Gasteiger partial charge in [0.2, 0.25) is 0 Å². The van der Waals surface area contributed by atoms with Gasteiger partial charge in [-0.2, -0.15) is 0 Å². The number of carbonyl (C=O) groups is 2. The fraction of sp³-hybridized carbons (Fsp3) is 0.300. The van der Waals surface area contributed by atoms with Gasteiger partial charge >= 0.3 is 5.97 Å². The summed E-state index contributed by atoms with van der Waals surface area (Å²) in [6.07, 6.45) is 3.29. The summed E-state index contributed by atoms with van der Waals surface area (Å²) in [5.74, 6) is -1.02. The SMILES string of the molecule is CC(C)(C(=O)O)c1ccc(NC(=O)c2ccc3c(c2)CCC3)cc1. The second-order valence-electron chi connectivity index (χ2n) is 6.80. The molecule has 0 saturated heterocycles. The predicted molar refractivity (Wildman–Crippen MR) is 93.5 cm³/mol. The highest BCUT2D eigenvalue weighted by Gasteiger charge is 2.29. The minimum atomic E-state index is -0.956. The third-order valence-corrected chi connectivity index (χ3v) is 4.76. The van der Waals surface area contributed by atoms with Crippen LogP contribution in [0.5, 0.6) is 0 Å². The smallest absolute Gasteiger partial charge is 0.313 e. The maximum Gasteiger partial charge on any atom is 0.313 e. The third kappa shape index (κ3) is 3.04. The lowest BCUT2D eigenvalue weighted by Gasteiger charge is -2.19. The first-order valence-corrected chi connectivity index (χ1v) is 8.15. The molecule has 0 radical (unpaired) electrons. The van der Waals surface area contributed by atoms with Crippen molar-refractivity contribution in [3.63, 3.8) is 0 Å². The Hall–Kier alpha value is -2.62. The third-order valence-electron chi connectivity index (χ3n) is 4.76. The quantitative estimate of drug-likeness (QED) is 0.899. The Kier molecular flexibility index (Phi) is 4.14. The Morgan fingerprint density at radius 1 is 1.00 bits per heavy atom. The molecule has 0 spiro atoms. The number of nitrogens with one attached hydrogen (secondary N) is 1. The average Bonchev–Trinajstić information content (AvgIpc) is 3.02. The Morgan fingerprint density at radius 2 is 1.67 bits per heavy atom. The zero-order valence-corrected chi connectivity index (χ0v) is 13.9. The summed E-state index contributed by atoms with van der Waals surface area (Å²) in [5.41, 5.74) is 3.66. The molecule has 1 aliphatic carbocycles. The van der Waals surface area contributed by atoms with Crippen LogP contribution in [0.15, 0.2) is 42.5 Å². The second kappa shape index (κ2) is 6.11. The summed E-state index contributed by atoms with van der Waals surface area (Å²) in [6, 6.07) is 12.8. The van der Waals surface area contributed by atoms with Crippen molar-refractivity contribution in [2.45, 2.75) is 38.5 Å². The number of hydrogen-bond donors (Lipinski definition) is 2. The standard InChI is InChI=1S/C20H21NO3/c1-20(2,19(23)24)16-8-10-17(11-9-16)21-18(22)15-7-6-13-4-3-5-14(13)12-15/h6-12H,3-5H2,1-2H3,(H,21,22)(H,23,24). The lowest BCUT2D eigenvalue weighted by atomic mass is 9.85. The van der Waals surface area contributed by atoms with E-state index in [4.69, 9.17) is 0 Å². The first-order chi connectivity index (χ1) is 11.4. The Bertz CT molecular complexity index is 791. The van der Waals surface area contributed by atoms with Crippen molar-refractivity contribution in [1.29, 1.82) is 0 Å². The molecule has 1 aliphatic rings. The molecule has 4 nitrogen and oxygen atoms in total. The number of carboxylic acids is 1.